The maximum atomic E-state index is 12.7. The van der Waals surface area contributed by atoms with Gasteiger partial charge in [-0.25, -0.2) is 4.79 Å². The van der Waals surface area contributed by atoms with Crippen molar-refractivity contribution in [2.75, 3.05) is 13.1 Å². The molecule has 3 rings (SSSR count). The van der Waals surface area contributed by atoms with Gasteiger partial charge < -0.3 is 15.4 Å². The molecule has 1 aliphatic rings. The van der Waals surface area contributed by atoms with Gasteiger partial charge in [0.2, 0.25) is 0 Å². The van der Waals surface area contributed by atoms with Gasteiger partial charge >= 0.3 is 5.97 Å². The van der Waals surface area contributed by atoms with Crippen LogP contribution in [0.15, 0.2) is 78.5 Å². The van der Waals surface area contributed by atoms with Crippen LogP contribution in [-0.4, -0.2) is 25.0 Å². The summed E-state index contributed by atoms with van der Waals surface area (Å²) >= 11 is 0. The van der Waals surface area contributed by atoms with E-state index in [-0.39, 0.29) is 0 Å². The first kappa shape index (κ1) is 16.5. The Balaban J connectivity index is 2.17. The summed E-state index contributed by atoms with van der Waals surface area (Å²) in [6.45, 7) is 4.95. The normalized spacial score (nSPS) is 14.0. The lowest BCUT2D eigenvalue weighted by Crippen LogP contribution is -2.33. The average molecular weight is 333 g/mol. The maximum absolute atomic E-state index is 12.7. The van der Waals surface area contributed by atoms with Gasteiger partial charge in [0.25, 0.3) is 0 Å². The van der Waals surface area contributed by atoms with Crippen LogP contribution in [0.2, 0.25) is 0 Å². The van der Waals surface area contributed by atoms with Gasteiger partial charge in [-0.3, -0.25) is 4.99 Å². The topological polar surface area (TPSA) is 62.7 Å². The molecule has 0 atom stereocenters. The molecule has 2 aromatic rings. The Morgan fingerprint density at radius 2 is 1.72 bits per heavy atom. The summed E-state index contributed by atoms with van der Waals surface area (Å²) in [6.07, 6.45) is 1.14. The number of guanidine groups is 1. The molecule has 0 amide bonds. The first-order chi connectivity index (χ1) is 12.3. The third-order valence-corrected chi connectivity index (χ3v) is 3.69. The molecule has 1 aliphatic heterocycles. The molecule has 2 aromatic carbocycles. The Kier molecular flexibility index (Phi) is 5.26. The number of hydrogen-bond donors (Lipinski definition) is 2. The molecule has 25 heavy (non-hydrogen) atoms. The lowest BCUT2D eigenvalue weighted by Gasteiger charge is -2.17. The lowest BCUT2D eigenvalue weighted by molar-refractivity contribution is -0.131. The quantitative estimate of drug-likeness (QED) is 0.382. The Morgan fingerprint density at radius 3 is 2.28 bits per heavy atom. The van der Waals surface area contributed by atoms with Gasteiger partial charge in [0, 0.05) is 6.54 Å². The van der Waals surface area contributed by atoms with Crippen molar-refractivity contribution in [1.29, 1.82) is 0 Å². The molecule has 126 valence electrons. The minimum Gasteiger partial charge on any atom is -0.431 e. The van der Waals surface area contributed by atoms with Gasteiger partial charge in [-0.1, -0.05) is 67.2 Å². The van der Waals surface area contributed by atoms with E-state index in [2.05, 4.69) is 22.2 Å². The highest BCUT2D eigenvalue weighted by atomic mass is 16.5. The fourth-order valence-electron chi connectivity index (χ4n) is 2.59. The van der Waals surface area contributed by atoms with E-state index in [1.807, 2.05) is 60.7 Å². The summed E-state index contributed by atoms with van der Waals surface area (Å²) in [4.78, 5) is 17.1. The van der Waals surface area contributed by atoms with Gasteiger partial charge in [0.05, 0.1) is 24.1 Å². The predicted molar refractivity (Wildman–Crippen MR) is 99.4 cm³/mol. The van der Waals surface area contributed by atoms with E-state index in [1.165, 1.54) is 0 Å². The molecule has 5 nitrogen and oxygen atoms in total. The van der Waals surface area contributed by atoms with Crippen LogP contribution in [0, 0.1) is 0 Å². The number of esters is 1. The summed E-state index contributed by atoms with van der Waals surface area (Å²) in [7, 11) is 0. The summed E-state index contributed by atoms with van der Waals surface area (Å²) in [5.41, 5.74) is 2.66. The largest absolute Gasteiger partial charge is 0.431 e. The minimum absolute atomic E-state index is 0.420. The van der Waals surface area contributed by atoms with Crippen LogP contribution in [-0.2, 0) is 9.53 Å². The highest BCUT2D eigenvalue weighted by molar-refractivity contribution is 6.25. The van der Waals surface area contributed by atoms with E-state index in [0.29, 0.717) is 23.8 Å². The Labute approximate surface area is 146 Å². The van der Waals surface area contributed by atoms with Gasteiger partial charge in [0.15, 0.2) is 5.96 Å². The highest BCUT2D eigenvalue weighted by Gasteiger charge is 2.21. The van der Waals surface area contributed by atoms with Crippen molar-refractivity contribution in [1.82, 2.24) is 10.6 Å². The van der Waals surface area contributed by atoms with Crippen LogP contribution < -0.4 is 10.6 Å². The van der Waals surface area contributed by atoms with Crippen LogP contribution in [0.1, 0.15) is 11.1 Å². The van der Waals surface area contributed by atoms with Gasteiger partial charge in [-0.05, 0) is 11.1 Å². The maximum Gasteiger partial charge on any atom is 0.345 e. The summed E-state index contributed by atoms with van der Waals surface area (Å²) in [5, 5.41) is 6.42. The van der Waals surface area contributed by atoms with Crippen molar-refractivity contribution in [2.24, 2.45) is 4.99 Å². The van der Waals surface area contributed by atoms with Crippen LogP contribution in [0.25, 0.3) is 11.3 Å². The van der Waals surface area contributed by atoms with E-state index >= 15 is 0 Å². The average Bonchev–Trinajstić information content (AvgIpc) is 3.16. The molecule has 0 radical (unpaired) electrons. The fraction of sp³-hybridized carbons (Fsp3) is 0.100. The number of nitrogens with zero attached hydrogens (tertiary/aromatic N) is 1. The zero-order chi connectivity index (χ0) is 17.5. The third kappa shape index (κ3) is 3.95. The second kappa shape index (κ2) is 7.97. The molecule has 0 aliphatic carbocycles. The molecule has 1 heterocycles. The molecule has 0 spiro atoms. The number of ether oxygens (including phenoxy) is 1. The lowest BCUT2D eigenvalue weighted by atomic mass is 9.99. The number of hydrogen-bond acceptors (Lipinski definition) is 5. The summed E-state index contributed by atoms with van der Waals surface area (Å²) in [6, 6.07) is 19.0. The molecule has 2 N–H and O–H groups in total. The molecular weight excluding hydrogens is 314 g/mol. The molecule has 0 unspecified atom stereocenters. The van der Waals surface area contributed by atoms with Crippen molar-refractivity contribution in [3.05, 3.63) is 84.6 Å². The van der Waals surface area contributed by atoms with Crippen molar-refractivity contribution < 1.29 is 9.53 Å². The highest BCUT2D eigenvalue weighted by Crippen LogP contribution is 2.26. The summed E-state index contributed by atoms with van der Waals surface area (Å²) < 4.78 is 5.09. The van der Waals surface area contributed by atoms with E-state index in [1.54, 1.807) is 0 Å². The standard InChI is InChI=1S/C20H19N3O2/c1-2-25-19(24)17(15-9-5-3-6-10-15)18(16-11-7-4-8-12-16)23-20-21-13-14-22-20/h2-12H,1,13-14H2,(H2,21,22,23). The number of aliphatic imine (C=N–C) groups is 1. The number of rotatable bonds is 5. The van der Waals surface area contributed by atoms with Crippen molar-refractivity contribution in [2.45, 2.75) is 0 Å². The van der Waals surface area contributed by atoms with E-state index in [0.717, 1.165) is 23.9 Å². The Bertz CT molecular complexity index is 811. The third-order valence-electron chi connectivity index (χ3n) is 3.69. The number of nitrogens with one attached hydrogen (secondary N) is 2. The Morgan fingerprint density at radius 1 is 1.08 bits per heavy atom. The molecule has 0 saturated carbocycles. The van der Waals surface area contributed by atoms with Crippen molar-refractivity contribution in [3.8, 4) is 0 Å². The summed E-state index contributed by atoms with van der Waals surface area (Å²) in [5.74, 6) is 0.157. The van der Waals surface area contributed by atoms with Gasteiger partial charge in [-0.2, -0.15) is 0 Å². The minimum atomic E-state index is -0.480. The first-order valence-electron chi connectivity index (χ1n) is 8.02. The second-order valence-electron chi connectivity index (χ2n) is 5.34. The fourth-order valence-corrected chi connectivity index (χ4v) is 2.59. The number of benzene rings is 2. The van der Waals surface area contributed by atoms with Crippen LogP contribution >= 0.6 is 0 Å². The van der Waals surface area contributed by atoms with Crippen LogP contribution in [0.3, 0.4) is 0 Å². The monoisotopic (exact) mass is 333 g/mol. The molecule has 0 bridgehead atoms. The van der Waals surface area contributed by atoms with E-state index in [9.17, 15) is 4.79 Å². The van der Waals surface area contributed by atoms with Crippen molar-refractivity contribution in [3.63, 3.8) is 0 Å². The van der Waals surface area contributed by atoms with Crippen molar-refractivity contribution >= 4 is 23.2 Å². The number of carbonyl (C=O) groups is 1. The molecule has 0 aromatic heterocycles. The van der Waals surface area contributed by atoms with Gasteiger partial charge in [-0.15, -0.1) is 0 Å². The second-order valence-corrected chi connectivity index (χ2v) is 5.34. The zero-order valence-corrected chi connectivity index (χ0v) is 13.7. The molecule has 5 heteroatoms. The molecular formula is C20H19N3O2. The van der Waals surface area contributed by atoms with Gasteiger partial charge in [0.1, 0.15) is 0 Å². The van der Waals surface area contributed by atoms with Crippen LogP contribution in [0.4, 0.5) is 0 Å². The SMILES string of the molecule is C=COC(=O)C(=C(NC1=NCCN1)c1ccccc1)c1ccccc1. The van der Waals surface area contributed by atoms with E-state index in [4.69, 9.17) is 4.74 Å². The Hall–Kier alpha value is -3.34. The molecule has 0 saturated heterocycles. The first-order valence-corrected chi connectivity index (χ1v) is 8.02. The number of carbonyl (C=O) groups excluding carboxylic acids is 1. The predicted octanol–water partition coefficient (Wildman–Crippen LogP) is 2.79. The molecule has 0 fully saturated rings. The van der Waals surface area contributed by atoms with E-state index < -0.39 is 5.97 Å². The van der Waals surface area contributed by atoms with Crippen LogP contribution in [0.5, 0.6) is 0 Å². The zero-order valence-electron chi connectivity index (χ0n) is 13.7. The smallest absolute Gasteiger partial charge is 0.345 e.